The molecule has 0 aliphatic carbocycles. The van der Waals surface area contributed by atoms with Gasteiger partial charge in [0.05, 0.1) is 26.0 Å². The first kappa shape index (κ1) is 21.3. The van der Waals surface area contributed by atoms with E-state index in [1.807, 2.05) is 30.3 Å². The maximum absolute atomic E-state index is 11.7. The summed E-state index contributed by atoms with van der Waals surface area (Å²) in [6, 6.07) is 15.4. The summed E-state index contributed by atoms with van der Waals surface area (Å²) in [5, 5.41) is 6.04. The second kappa shape index (κ2) is 9.93. The summed E-state index contributed by atoms with van der Waals surface area (Å²) in [6.07, 6.45) is 2.91. The molecular formula is C24H25N5O3. The third-order valence-electron chi connectivity index (χ3n) is 5.03. The third-order valence-corrected chi connectivity index (χ3v) is 5.03. The first-order chi connectivity index (χ1) is 15.6. The fourth-order valence-electron chi connectivity index (χ4n) is 3.44. The molecule has 8 heteroatoms. The molecule has 4 rings (SSSR count). The standard InChI is InChI=1S/C24H25N5O3/c1-3-23(30)26-19-13-17(14-21(16-19)31-2)22-7-8-25-24(28-22)27-18-5-4-6-20(15-18)29-9-11-32-12-10-29/h3-8,13-16H,1,9-12H2,2H3,(H,26,30)(H,25,27,28). The van der Waals surface area contributed by atoms with Gasteiger partial charge in [0.25, 0.3) is 0 Å². The lowest BCUT2D eigenvalue weighted by atomic mass is 10.1. The Morgan fingerprint density at radius 2 is 2.00 bits per heavy atom. The minimum Gasteiger partial charge on any atom is -0.497 e. The van der Waals surface area contributed by atoms with Crippen LogP contribution in [-0.2, 0) is 9.53 Å². The van der Waals surface area contributed by atoms with Crippen molar-refractivity contribution in [3.8, 4) is 17.0 Å². The van der Waals surface area contributed by atoms with Gasteiger partial charge in [0.15, 0.2) is 0 Å². The molecule has 8 nitrogen and oxygen atoms in total. The first-order valence-corrected chi connectivity index (χ1v) is 10.3. The molecule has 0 unspecified atom stereocenters. The molecule has 0 saturated carbocycles. The molecule has 1 saturated heterocycles. The zero-order chi connectivity index (χ0) is 22.3. The predicted octanol–water partition coefficient (Wildman–Crippen LogP) is 3.86. The minimum atomic E-state index is -0.297. The topological polar surface area (TPSA) is 88.6 Å². The summed E-state index contributed by atoms with van der Waals surface area (Å²) in [6.45, 7) is 6.70. The Labute approximate surface area is 186 Å². The lowest BCUT2D eigenvalue weighted by Crippen LogP contribution is -2.36. The fourth-order valence-corrected chi connectivity index (χ4v) is 3.44. The lowest BCUT2D eigenvalue weighted by Gasteiger charge is -2.29. The van der Waals surface area contributed by atoms with E-state index in [9.17, 15) is 4.79 Å². The van der Waals surface area contributed by atoms with E-state index in [4.69, 9.17) is 9.47 Å². The number of anilines is 4. The number of morpholine rings is 1. The molecule has 2 heterocycles. The summed E-state index contributed by atoms with van der Waals surface area (Å²) in [4.78, 5) is 23.0. The number of ether oxygens (including phenoxy) is 2. The molecular weight excluding hydrogens is 406 g/mol. The van der Waals surface area contributed by atoms with Gasteiger partial charge in [-0.15, -0.1) is 0 Å². The Balaban J connectivity index is 1.57. The summed E-state index contributed by atoms with van der Waals surface area (Å²) < 4.78 is 10.8. The van der Waals surface area contributed by atoms with E-state index in [0.29, 0.717) is 23.1 Å². The maximum Gasteiger partial charge on any atom is 0.247 e. The molecule has 0 spiro atoms. The van der Waals surface area contributed by atoms with Gasteiger partial charge in [-0.25, -0.2) is 9.97 Å². The van der Waals surface area contributed by atoms with Crippen LogP contribution in [0.1, 0.15) is 0 Å². The van der Waals surface area contributed by atoms with Gasteiger partial charge in [-0.1, -0.05) is 12.6 Å². The first-order valence-electron chi connectivity index (χ1n) is 10.3. The molecule has 0 atom stereocenters. The normalized spacial score (nSPS) is 13.3. The molecule has 0 bridgehead atoms. The third kappa shape index (κ3) is 5.22. The van der Waals surface area contributed by atoms with Crippen molar-refractivity contribution in [3.63, 3.8) is 0 Å². The van der Waals surface area contributed by atoms with Crippen molar-refractivity contribution < 1.29 is 14.3 Å². The highest BCUT2D eigenvalue weighted by atomic mass is 16.5. The number of amides is 1. The maximum atomic E-state index is 11.7. The molecule has 0 radical (unpaired) electrons. The second-order valence-electron chi connectivity index (χ2n) is 7.18. The summed E-state index contributed by atoms with van der Waals surface area (Å²) in [5.74, 6) is 0.781. The van der Waals surface area contributed by atoms with E-state index in [-0.39, 0.29) is 5.91 Å². The Kier molecular flexibility index (Phi) is 6.62. The van der Waals surface area contributed by atoms with Crippen LogP contribution in [0.5, 0.6) is 5.75 Å². The zero-order valence-electron chi connectivity index (χ0n) is 17.9. The number of carbonyl (C=O) groups is 1. The Morgan fingerprint density at radius 1 is 1.16 bits per heavy atom. The van der Waals surface area contributed by atoms with Crippen molar-refractivity contribution >= 4 is 28.9 Å². The average molecular weight is 431 g/mol. The molecule has 1 aliphatic rings. The van der Waals surface area contributed by atoms with E-state index in [2.05, 4.69) is 44.2 Å². The van der Waals surface area contributed by atoms with Crippen LogP contribution in [0.2, 0.25) is 0 Å². The van der Waals surface area contributed by atoms with Crippen LogP contribution in [0.4, 0.5) is 23.0 Å². The highest BCUT2D eigenvalue weighted by Gasteiger charge is 2.12. The number of nitrogens with zero attached hydrogens (tertiary/aromatic N) is 3. The number of nitrogens with one attached hydrogen (secondary N) is 2. The molecule has 32 heavy (non-hydrogen) atoms. The van der Waals surface area contributed by atoms with Gasteiger partial charge < -0.3 is 25.0 Å². The van der Waals surface area contributed by atoms with E-state index >= 15 is 0 Å². The van der Waals surface area contributed by atoms with Crippen LogP contribution in [-0.4, -0.2) is 49.3 Å². The summed E-state index contributed by atoms with van der Waals surface area (Å²) >= 11 is 0. The van der Waals surface area contributed by atoms with E-state index in [1.54, 1.807) is 19.4 Å². The lowest BCUT2D eigenvalue weighted by molar-refractivity contribution is -0.111. The van der Waals surface area contributed by atoms with Crippen LogP contribution in [0.15, 0.2) is 67.4 Å². The largest absolute Gasteiger partial charge is 0.497 e. The smallest absolute Gasteiger partial charge is 0.247 e. The number of aromatic nitrogens is 2. The Hall–Kier alpha value is -3.91. The fraction of sp³-hybridized carbons (Fsp3) is 0.208. The number of hydrogen-bond donors (Lipinski definition) is 2. The van der Waals surface area contributed by atoms with Crippen LogP contribution in [0.3, 0.4) is 0 Å². The highest BCUT2D eigenvalue weighted by Crippen LogP contribution is 2.29. The SMILES string of the molecule is C=CC(=O)Nc1cc(OC)cc(-c2ccnc(Nc3cccc(N4CCOCC4)c3)n2)c1. The van der Waals surface area contributed by atoms with Crippen LogP contribution < -0.4 is 20.3 Å². The molecule has 1 amide bonds. The molecule has 3 aromatic rings. The zero-order valence-corrected chi connectivity index (χ0v) is 17.9. The monoisotopic (exact) mass is 431 g/mol. The van der Waals surface area contributed by atoms with Crippen LogP contribution >= 0.6 is 0 Å². The average Bonchev–Trinajstić information content (AvgIpc) is 2.84. The van der Waals surface area contributed by atoms with Gasteiger partial charge in [-0.05, 0) is 42.5 Å². The van der Waals surface area contributed by atoms with E-state index in [1.165, 1.54) is 6.08 Å². The molecule has 1 fully saturated rings. The van der Waals surface area contributed by atoms with Gasteiger partial charge in [0.1, 0.15) is 5.75 Å². The van der Waals surface area contributed by atoms with Crippen molar-refractivity contribution in [2.45, 2.75) is 0 Å². The number of hydrogen-bond acceptors (Lipinski definition) is 7. The van der Waals surface area contributed by atoms with Gasteiger partial charge in [-0.2, -0.15) is 0 Å². The van der Waals surface area contributed by atoms with Gasteiger partial charge >= 0.3 is 0 Å². The minimum absolute atomic E-state index is 0.297. The van der Waals surface area contributed by atoms with Crippen molar-refractivity contribution in [2.24, 2.45) is 0 Å². The summed E-state index contributed by atoms with van der Waals surface area (Å²) in [7, 11) is 1.58. The molecule has 2 aromatic carbocycles. The Morgan fingerprint density at radius 3 is 2.78 bits per heavy atom. The molecule has 164 valence electrons. The number of carbonyl (C=O) groups excluding carboxylic acids is 1. The van der Waals surface area contributed by atoms with E-state index in [0.717, 1.165) is 43.2 Å². The number of benzene rings is 2. The van der Waals surface area contributed by atoms with E-state index < -0.39 is 0 Å². The number of rotatable bonds is 7. The quantitative estimate of drug-likeness (QED) is 0.549. The Bertz CT molecular complexity index is 1110. The highest BCUT2D eigenvalue weighted by molar-refractivity contribution is 5.99. The van der Waals surface area contributed by atoms with Gasteiger partial charge in [0, 0.05) is 48.0 Å². The van der Waals surface area contributed by atoms with Crippen molar-refractivity contribution in [2.75, 3.05) is 48.9 Å². The van der Waals surface area contributed by atoms with Crippen LogP contribution in [0, 0.1) is 0 Å². The molecule has 1 aromatic heterocycles. The van der Waals surface area contributed by atoms with Gasteiger partial charge in [0.2, 0.25) is 11.9 Å². The van der Waals surface area contributed by atoms with Crippen LogP contribution in [0.25, 0.3) is 11.3 Å². The second-order valence-corrected chi connectivity index (χ2v) is 7.18. The summed E-state index contributed by atoms with van der Waals surface area (Å²) in [5.41, 5.74) is 4.10. The van der Waals surface area contributed by atoms with Crippen molar-refractivity contribution in [3.05, 3.63) is 67.4 Å². The predicted molar refractivity (Wildman–Crippen MR) is 126 cm³/mol. The number of methoxy groups -OCH3 is 1. The van der Waals surface area contributed by atoms with Crippen molar-refractivity contribution in [1.82, 2.24) is 9.97 Å². The molecule has 1 aliphatic heterocycles. The molecule has 2 N–H and O–H groups in total. The van der Waals surface area contributed by atoms with Gasteiger partial charge in [-0.3, -0.25) is 4.79 Å². The van der Waals surface area contributed by atoms with Crippen molar-refractivity contribution in [1.29, 1.82) is 0 Å².